The Kier molecular flexibility index (Phi) is 7.69. The molecule has 2 saturated heterocycles. The van der Waals surface area contributed by atoms with Gasteiger partial charge in [-0.15, -0.1) is 0 Å². The second-order valence-corrected chi connectivity index (χ2v) is 12.0. The summed E-state index contributed by atoms with van der Waals surface area (Å²) in [6.45, 7) is 3.24. The molecular formula is C20H31N3O7S2. The maximum Gasteiger partial charge on any atom is 0.247 e. The largest absolute Gasteiger partial charge is 0.497 e. The summed E-state index contributed by atoms with van der Waals surface area (Å²) in [4.78, 5) is 14.7. The van der Waals surface area contributed by atoms with E-state index in [1.165, 1.54) is 28.9 Å². The molecule has 3 rings (SSSR count). The topological polar surface area (TPSA) is 114 Å². The van der Waals surface area contributed by atoms with Gasteiger partial charge in [-0.3, -0.25) is 4.79 Å². The van der Waals surface area contributed by atoms with Gasteiger partial charge in [0.25, 0.3) is 0 Å². The average molecular weight is 490 g/mol. The number of sulfonamides is 2. The van der Waals surface area contributed by atoms with Gasteiger partial charge in [0.15, 0.2) is 0 Å². The zero-order valence-corrected chi connectivity index (χ0v) is 20.3. The van der Waals surface area contributed by atoms with Crippen LogP contribution < -0.4 is 9.47 Å². The van der Waals surface area contributed by atoms with E-state index in [0.29, 0.717) is 31.7 Å². The van der Waals surface area contributed by atoms with E-state index in [2.05, 4.69) is 0 Å². The zero-order chi connectivity index (χ0) is 23.5. The first kappa shape index (κ1) is 24.7. The van der Waals surface area contributed by atoms with Crippen LogP contribution in [0, 0.1) is 5.92 Å². The molecule has 2 heterocycles. The summed E-state index contributed by atoms with van der Waals surface area (Å²) in [7, 11) is -4.19. The number of amides is 1. The lowest BCUT2D eigenvalue weighted by molar-refractivity contribution is -0.137. The zero-order valence-electron chi connectivity index (χ0n) is 18.7. The third kappa shape index (κ3) is 5.03. The Labute approximate surface area is 190 Å². The Morgan fingerprint density at radius 3 is 2.09 bits per heavy atom. The summed E-state index contributed by atoms with van der Waals surface area (Å²) in [5, 5.41) is 0. The van der Waals surface area contributed by atoms with Crippen molar-refractivity contribution in [2.75, 3.05) is 59.2 Å². The number of hydrogen-bond donors (Lipinski definition) is 0. The summed E-state index contributed by atoms with van der Waals surface area (Å²) in [5.41, 5.74) is 0. The number of nitrogens with zero attached hydrogens (tertiary/aromatic N) is 3. The van der Waals surface area contributed by atoms with Gasteiger partial charge in [-0.05, 0) is 31.9 Å². The maximum absolute atomic E-state index is 13.2. The average Bonchev–Trinajstić information content (AvgIpc) is 2.83. The maximum atomic E-state index is 13.2. The van der Waals surface area contributed by atoms with Crippen LogP contribution in [0.1, 0.15) is 19.8 Å². The minimum Gasteiger partial charge on any atom is -0.497 e. The van der Waals surface area contributed by atoms with Crippen molar-refractivity contribution in [3.63, 3.8) is 0 Å². The van der Waals surface area contributed by atoms with Crippen molar-refractivity contribution < 1.29 is 31.1 Å². The number of carbonyl (C=O) groups is 1. The van der Waals surface area contributed by atoms with Crippen LogP contribution in [-0.2, 0) is 24.8 Å². The van der Waals surface area contributed by atoms with E-state index in [-0.39, 0.29) is 54.4 Å². The first-order valence-electron chi connectivity index (χ1n) is 10.6. The molecule has 2 aliphatic heterocycles. The highest BCUT2D eigenvalue weighted by Crippen LogP contribution is 2.31. The molecule has 0 spiro atoms. The molecule has 10 nitrogen and oxygen atoms in total. The Morgan fingerprint density at radius 1 is 0.938 bits per heavy atom. The Balaban J connectivity index is 1.62. The van der Waals surface area contributed by atoms with Gasteiger partial charge >= 0.3 is 0 Å². The lowest BCUT2D eigenvalue weighted by atomic mass is 9.96. The molecule has 0 unspecified atom stereocenters. The summed E-state index contributed by atoms with van der Waals surface area (Å²) < 4.78 is 63.6. The van der Waals surface area contributed by atoms with Gasteiger partial charge in [0, 0.05) is 51.3 Å². The number of carbonyl (C=O) groups excluding carboxylic acids is 1. The predicted octanol–water partition coefficient (Wildman–Crippen LogP) is 0.598. The van der Waals surface area contributed by atoms with Gasteiger partial charge in [0.05, 0.1) is 20.0 Å². The van der Waals surface area contributed by atoms with E-state index < -0.39 is 20.0 Å². The van der Waals surface area contributed by atoms with Gasteiger partial charge in [-0.2, -0.15) is 4.31 Å². The number of ether oxygens (including phenoxy) is 2. The third-order valence-electron chi connectivity index (χ3n) is 6.10. The number of piperidine rings is 1. The molecule has 1 aromatic rings. The molecule has 0 N–H and O–H groups in total. The van der Waals surface area contributed by atoms with Crippen LogP contribution in [0.3, 0.4) is 0 Å². The predicted molar refractivity (Wildman–Crippen MR) is 119 cm³/mol. The molecule has 180 valence electrons. The van der Waals surface area contributed by atoms with Crippen molar-refractivity contribution in [1.29, 1.82) is 0 Å². The third-order valence-corrected chi connectivity index (χ3v) is 9.90. The fraction of sp³-hybridized carbons (Fsp3) is 0.650. The smallest absolute Gasteiger partial charge is 0.247 e. The standard InChI is InChI=1S/C20H31N3O7S2/c1-4-31(25,26)22-9-7-16(8-10-22)20(24)21-11-13-23(14-12-21)32(27,28)19-15-17(29-2)5-6-18(19)30-3/h5-6,15-16H,4,7-14H2,1-3H3. The first-order chi connectivity index (χ1) is 15.1. The number of piperazine rings is 1. The van der Waals surface area contributed by atoms with E-state index in [9.17, 15) is 21.6 Å². The minimum atomic E-state index is -3.82. The molecule has 12 heteroatoms. The molecule has 1 amide bonds. The Hall–Kier alpha value is -1.89. The van der Waals surface area contributed by atoms with Crippen LogP contribution in [0.15, 0.2) is 23.1 Å². The van der Waals surface area contributed by atoms with Gasteiger partial charge in [0.1, 0.15) is 16.4 Å². The van der Waals surface area contributed by atoms with Crippen molar-refractivity contribution in [2.45, 2.75) is 24.7 Å². The monoisotopic (exact) mass is 489 g/mol. The number of benzene rings is 1. The van der Waals surface area contributed by atoms with E-state index in [1.54, 1.807) is 24.0 Å². The molecule has 0 aromatic heterocycles. The quantitative estimate of drug-likeness (QED) is 0.551. The van der Waals surface area contributed by atoms with Crippen molar-refractivity contribution in [3.05, 3.63) is 18.2 Å². The molecule has 2 aliphatic rings. The van der Waals surface area contributed by atoms with Gasteiger partial charge in [-0.1, -0.05) is 0 Å². The summed E-state index contributed by atoms with van der Waals surface area (Å²) in [6, 6.07) is 4.62. The summed E-state index contributed by atoms with van der Waals surface area (Å²) in [5.74, 6) is 0.433. The van der Waals surface area contributed by atoms with Crippen LogP contribution in [-0.4, -0.2) is 95.5 Å². The van der Waals surface area contributed by atoms with E-state index in [0.717, 1.165) is 0 Å². The Morgan fingerprint density at radius 2 is 1.56 bits per heavy atom. The molecule has 0 atom stereocenters. The van der Waals surface area contributed by atoms with Gasteiger partial charge < -0.3 is 14.4 Å². The molecule has 0 bridgehead atoms. The van der Waals surface area contributed by atoms with Crippen molar-refractivity contribution >= 4 is 26.0 Å². The highest BCUT2D eigenvalue weighted by atomic mass is 32.2. The molecule has 1 aromatic carbocycles. The number of hydrogen-bond acceptors (Lipinski definition) is 7. The van der Waals surface area contributed by atoms with Crippen LogP contribution in [0.5, 0.6) is 11.5 Å². The first-order valence-corrected chi connectivity index (χ1v) is 13.7. The van der Waals surface area contributed by atoms with Crippen molar-refractivity contribution in [3.8, 4) is 11.5 Å². The van der Waals surface area contributed by atoms with E-state index >= 15 is 0 Å². The lowest BCUT2D eigenvalue weighted by Gasteiger charge is -2.38. The van der Waals surface area contributed by atoms with Crippen molar-refractivity contribution in [2.24, 2.45) is 5.92 Å². The Bertz CT molecular complexity index is 1030. The molecule has 0 aliphatic carbocycles. The second-order valence-electron chi connectivity index (χ2n) is 7.82. The fourth-order valence-electron chi connectivity index (χ4n) is 4.10. The number of methoxy groups -OCH3 is 2. The minimum absolute atomic E-state index is 0.0311. The molecule has 2 fully saturated rings. The van der Waals surface area contributed by atoms with E-state index in [1.807, 2.05) is 0 Å². The SMILES string of the molecule is CCS(=O)(=O)N1CCC(C(=O)N2CCN(S(=O)(=O)c3cc(OC)ccc3OC)CC2)CC1. The van der Waals surface area contributed by atoms with Gasteiger partial charge in [0.2, 0.25) is 26.0 Å². The normalized spacial score (nSPS) is 19.7. The van der Waals surface area contributed by atoms with Gasteiger partial charge in [-0.25, -0.2) is 21.1 Å². The second kappa shape index (κ2) is 9.94. The summed E-state index contributed by atoms with van der Waals surface area (Å²) >= 11 is 0. The van der Waals surface area contributed by atoms with Crippen LogP contribution in [0.2, 0.25) is 0 Å². The molecule has 0 saturated carbocycles. The summed E-state index contributed by atoms with van der Waals surface area (Å²) in [6.07, 6.45) is 0.967. The molecular weight excluding hydrogens is 458 g/mol. The molecule has 32 heavy (non-hydrogen) atoms. The van der Waals surface area contributed by atoms with Crippen LogP contribution in [0.25, 0.3) is 0 Å². The van der Waals surface area contributed by atoms with E-state index in [4.69, 9.17) is 9.47 Å². The van der Waals surface area contributed by atoms with Crippen LogP contribution in [0.4, 0.5) is 0 Å². The molecule has 0 radical (unpaired) electrons. The fourth-order valence-corrected chi connectivity index (χ4v) is 6.82. The highest BCUT2D eigenvalue weighted by molar-refractivity contribution is 7.89. The van der Waals surface area contributed by atoms with Crippen molar-refractivity contribution in [1.82, 2.24) is 13.5 Å². The highest BCUT2D eigenvalue weighted by Gasteiger charge is 2.36. The lowest BCUT2D eigenvalue weighted by Crippen LogP contribution is -2.53. The van der Waals surface area contributed by atoms with Crippen LogP contribution >= 0.6 is 0 Å². The number of rotatable bonds is 7.